The van der Waals surface area contributed by atoms with Crippen LogP contribution in [0.1, 0.15) is 44.6 Å². The van der Waals surface area contributed by atoms with Crippen LogP contribution in [0, 0.1) is 23.3 Å². The number of hydrogen-bond acceptors (Lipinski definition) is 1. The molecule has 4 aromatic carbocycles. The molecular formula is C30H26F6O. The largest absolute Gasteiger partial charge is 0.432 e. The van der Waals surface area contributed by atoms with Gasteiger partial charge in [0, 0.05) is 10.9 Å². The van der Waals surface area contributed by atoms with Crippen molar-refractivity contribution >= 4 is 10.8 Å². The van der Waals surface area contributed by atoms with E-state index in [4.69, 9.17) is 0 Å². The van der Waals surface area contributed by atoms with Gasteiger partial charge in [0.15, 0.2) is 11.6 Å². The molecule has 4 aromatic rings. The Bertz CT molecular complexity index is 1380. The smallest absolute Gasteiger partial charge is 0.387 e. The summed E-state index contributed by atoms with van der Waals surface area (Å²) in [5, 5.41) is 0.385. The van der Waals surface area contributed by atoms with Crippen molar-refractivity contribution in [2.24, 2.45) is 0 Å². The van der Waals surface area contributed by atoms with E-state index in [-0.39, 0.29) is 22.1 Å². The van der Waals surface area contributed by atoms with Gasteiger partial charge in [-0.15, -0.1) is 0 Å². The zero-order valence-corrected chi connectivity index (χ0v) is 20.3. The van der Waals surface area contributed by atoms with Gasteiger partial charge in [-0.3, -0.25) is 0 Å². The SMILES string of the molecule is CCCCCCCc1cc(F)c(-c2ccc(-c3ccc4c(F)c(OC(F)F)ccc4c3)c(F)c2)c(F)c1. The van der Waals surface area contributed by atoms with Crippen molar-refractivity contribution in [3.8, 4) is 28.0 Å². The summed E-state index contributed by atoms with van der Waals surface area (Å²) in [5.74, 6) is -3.75. The van der Waals surface area contributed by atoms with E-state index >= 15 is 4.39 Å². The molecule has 0 aliphatic carbocycles. The average molecular weight is 517 g/mol. The molecule has 0 amide bonds. The van der Waals surface area contributed by atoms with Crippen molar-refractivity contribution in [3.63, 3.8) is 0 Å². The molecule has 7 heteroatoms. The normalized spacial score (nSPS) is 11.5. The summed E-state index contributed by atoms with van der Waals surface area (Å²) in [6, 6.07) is 13.2. The molecule has 0 fully saturated rings. The molecule has 0 heterocycles. The zero-order chi connectivity index (χ0) is 26.5. The monoisotopic (exact) mass is 516 g/mol. The molecule has 37 heavy (non-hydrogen) atoms. The Balaban J connectivity index is 1.58. The van der Waals surface area contributed by atoms with Crippen LogP contribution in [-0.4, -0.2) is 6.61 Å². The summed E-state index contributed by atoms with van der Waals surface area (Å²) in [6.07, 6.45) is 5.76. The molecule has 0 aliphatic rings. The summed E-state index contributed by atoms with van der Waals surface area (Å²) in [5.41, 5.74) is 0.859. The van der Waals surface area contributed by atoms with E-state index in [1.165, 1.54) is 48.5 Å². The molecule has 0 atom stereocenters. The lowest BCUT2D eigenvalue weighted by molar-refractivity contribution is -0.0520. The molecule has 4 rings (SSSR count). The summed E-state index contributed by atoms with van der Waals surface area (Å²) < 4.78 is 88.4. The maximum absolute atomic E-state index is 15.1. The molecule has 0 aliphatic heterocycles. The Morgan fingerprint density at radius 2 is 1.41 bits per heavy atom. The van der Waals surface area contributed by atoms with Crippen molar-refractivity contribution < 1.29 is 31.1 Å². The van der Waals surface area contributed by atoms with Crippen molar-refractivity contribution in [2.75, 3.05) is 0 Å². The van der Waals surface area contributed by atoms with Gasteiger partial charge in [-0.2, -0.15) is 8.78 Å². The minimum atomic E-state index is -3.17. The van der Waals surface area contributed by atoms with Crippen LogP contribution in [0.15, 0.2) is 60.7 Å². The molecule has 0 N–H and O–H groups in total. The number of aryl methyl sites for hydroxylation is 1. The van der Waals surface area contributed by atoms with Gasteiger partial charge in [0.25, 0.3) is 0 Å². The zero-order valence-electron chi connectivity index (χ0n) is 20.3. The lowest BCUT2D eigenvalue weighted by atomic mass is 9.96. The number of benzene rings is 4. The van der Waals surface area contributed by atoms with Gasteiger partial charge in [-0.25, -0.2) is 17.6 Å². The van der Waals surface area contributed by atoms with E-state index in [2.05, 4.69) is 11.7 Å². The van der Waals surface area contributed by atoms with Gasteiger partial charge in [0.1, 0.15) is 17.5 Å². The van der Waals surface area contributed by atoms with Crippen LogP contribution in [0.4, 0.5) is 26.3 Å². The van der Waals surface area contributed by atoms with Gasteiger partial charge in [0.05, 0.1) is 5.56 Å². The second-order valence-corrected chi connectivity index (χ2v) is 8.99. The third-order valence-corrected chi connectivity index (χ3v) is 6.37. The first-order valence-electron chi connectivity index (χ1n) is 12.2. The topological polar surface area (TPSA) is 9.23 Å². The van der Waals surface area contributed by atoms with Crippen molar-refractivity contribution in [1.29, 1.82) is 0 Å². The second-order valence-electron chi connectivity index (χ2n) is 8.99. The molecule has 0 saturated carbocycles. The summed E-state index contributed by atoms with van der Waals surface area (Å²) in [4.78, 5) is 0. The summed E-state index contributed by atoms with van der Waals surface area (Å²) in [6.45, 7) is -1.05. The molecule has 194 valence electrons. The first-order chi connectivity index (χ1) is 17.8. The predicted molar refractivity (Wildman–Crippen MR) is 134 cm³/mol. The minimum absolute atomic E-state index is 0.0357. The van der Waals surface area contributed by atoms with E-state index in [9.17, 15) is 22.0 Å². The van der Waals surface area contributed by atoms with Gasteiger partial charge in [-0.05, 0) is 65.3 Å². The molecule has 1 nitrogen and oxygen atoms in total. The van der Waals surface area contributed by atoms with Crippen LogP contribution in [0.2, 0.25) is 0 Å². The number of fused-ring (bicyclic) bond motifs is 1. The fourth-order valence-corrected chi connectivity index (χ4v) is 4.51. The van der Waals surface area contributed by atoms with Gasteiger partial charge >= 0.3 is 6.61 Å². The number of rotatable bonds is 10. The lowest BCUT2D eigenvalue weighted by Gasteiger charge is -2.12. The van der Waals surface area contributed by atoms with Crippen LogP contribution < -0.4 is 4.74 Å². The van der Waals surface area contributed by atoms with E-state index in [0.717, 1.165) is 44.2 Å². The second kappa shape index (κ2) is 11.7. The standard InChI is InChI=1S/C30H26F6O/c1-2-3-4-5-6-7-18-14-25(32)28(26(33)15-18)21-9-11-22(24(31)17-21)19-8-12-23-20(16-19)10-13-27(29(23)34)37-30(35)36/h8-17,30H,2-7H2,1H3. The Morgan fingerprint density at radius 1 is 0.703 bits per heavy atom. The Kier molecular flexibility index (Phi) is 8.41. The number of hydrogen-bond donors (Lipinski definition) is 0. The fraction of sp³-hybridized carbons (Fsp3) is 0.267. The number of ether oxygens (including phenoxy) is 1. The van der Waals surface area contributed by atoms with E-state index in [1.54, 1.807) is 0 Å². The number of halogens is 6. The lowest BCUT2D eigenvalue weighted by Crippen LogP contribution is -2.03. The first kappa shape index (κ1) is 26.6. The van der Waals surface area contributed by atoms with E-state index in [1.807, 2.05) is 0 Å². The van der Waals surface area contributed by atoms with Crippen molar-refractivity contribution in [1.82, 2.24) is 0 Å². The first-order valence-corrected chi connectivity index (χ1v) is 12.2. The maximum Gasteiger partial charge on any atom is 0.387 e. The molecule has 0 bridgehead atoms. The van der Waals surface area contributed by atoms with Crippen LogP contribution in [0.3, 0.4) is 0 Å². The van der Waals surface area contributed by atoms with Gasteiger partial charge in [0.2, 0.25) is 0 Å². The number of alkyl halides is 2. The molecule has 0 unspecified atom stereocenters. The Labute approximate surface area is 211 Å². The molecular weight excluding hydrogens is 490 g/mol. The third kappa shape index (κ3) is 6.09. The minimum Gasteiger partial charge on any atom is -0.432 e. The summed E-state index contributed by atoms with van der Waals surface area (Å²) in [7, 11) is 0. The van der Waals surface area contributed by atoms with Crippen LogP contribution in [-0.2, 0) is 6.42 Å². The van der Waals surface area contributed by atoms with Gasteiger partial charge < -0.3 is 4.74 Å². The Hall–Kier alpha value is -3.48. The van der Waals surface area contributed by atoms with Crippen LogP contribution >= 0.6 is 0 Å². The average Bonchev–Trinajstić information content (AvgIpc) is 2.85. The highest BCUT2D eigenvalue weighted by Gasteiger charge is 2.17. The molecule has 0 aromatic heterocycles. The molecule has 0 radical (unpaired) electrons. The predicted octanol–water partition coefficient (Wildman–Crippen LogP) is 9.84. The van der Waals surface area contributed by atoms with Gasteiger partial charge in [-0.1, -0.05) is 62.9 Å². The highest BCUT2D eigenvalue weighted by atomic mass is 19.3. The van der Waals surface area contributed by atoms with Crippen molar-refractivity contribution in [2.45, 2.75) is 52.1 Å². The highest BCUT2D eigenvalue weighted by Crippen LogP contribution is 2.35. The molecule has 0 spiro atoms. The van der Waals surface area contributed by atoms with E-state index in [0.29, 0.717) is 22.9 Å². The van der Waals surface area contributed by atoms with Crippen LogP contribution in [0.25, 0.3) is 33.0 Å². The quantitative estimate of drug-likeness (QED) is 0.151. The third-order valence-electron chi connectivity index (χ3n) is 6.37. The van der Waals surface area contributed by atoms with E-state index < -0.39 is 35.6 Å². The summed E-state index contributed by atoms with van der Waals surface area (Å²) >= 11 is 0. The fourth-order valence-electron chi connectivity index (χ4n) is 4.51. The highest BCUT2D eigenvalue weighted by molar-refractivity contribution is 5.89. The molecule has 0 saturated heterocycles. The Morgan fingerprint density at radius 3 is 2.08 bits per heavy atom. The maximum atomic E-state index is 15.1. The van der Waals surface area contributed by atoms with Crippen LogP contribution in [0.5, 0.6) is 5.75 Å². The number of unbranched alkanes of at least 4 members (excludes halogenated alkanes) is 4. The van der Waals surface area contributed by atoms with Crippen molar-refractivity contribution in [3.05, 3.63) is 89.5 Å².